The first-order valence-electron chi connectivity index (χ1n) is 10.8. The number of nitrogens with zero attached hydrogens (tertiary/aromatic N) is 4. The lowest BCUT2D eigenvalue weighted by Gasteiger charge is -2.35. The van der Waals surface area contributed by atoms with E-state index < -0.39 is 0 Å². The van der Waals surface area contributed by atoms with Gasteiger partial charge in [0, 0.05) is 38.3 Å². The zero-order valence-electron chi connectivity index (χ0n) is 17.5. The summed E-state index contributed by atoms with van der Waals surface area (Å²) in [6, 6.07) is 12.8. The van der Waals surface area contributed by atoms with E-state index in [4.69, 9.17) is 26.9 Å². The topological polar surface area (TPSA) is 65.6 Å². The Labute approximate surface area is 183 Å². The molecule has 0 radical (unpaired) electrons. The second-order valence-electron chi connectivity index (χ2n) is 7.84. The smallest absolute Gasteiger partial charge is 0.232 e. The van der Waals surface area contributed by atoms with Crippen LogP contribution in [0.15, 0.2) is 36.4 Å². The molecule has 2 fully saturated rings. The molecule has 160 valence electrons. The van der Waals surface area contributed by atoms with Crippen molar-refractivity contribution in [2.75, 3.05) is 48.0 Å². The van der Waals surface area contributed by atoms with Crippen LogP contribution in [-0.4, -0.2) is 54.0 Å². The maximum Gasteiger partial charge on any atom is 0.232 e. The summed E-state index contributed by atoms with van der Waals surface area (Å²) >= 11 is 5.51. The predicted octanol–water partition coefficient (Wildman–Crippen LogP) is 3.18. The molecule has 2 aliphatic heterocycles. The van der Waals surface area contributed by atoms with Gasteiger partial charge in [-0.05, 0) is 44.0 Å². The summed E-state index contributed by atoms with van der Waals surface area (Å²) in [5.74, 6) is 2.43. The van der Waals surface area contributed by atoms with Gasteiger partial charge >= 0.3 is 0 Å². The molecule has 2 saturated heterocycles. The number of benzene rings is 1. The largest absolute Gasteiger partial charge is 0.378 e. The fourth-order valence-electron chi connectivity index (χ4n) is 3.94. The van der Waals surface area contributed by atoms with Crippen molar-refractivity contribution in [3.63, 3.8) is 0 Å². The van der Waals surface area contributed by atoms with Gasteiger partial charge in [-0.1, -0.05) is 30.3 Å². The van der Waals surface area contributed by atoms with Crippen LogP contribution in [0.3, 0.4) is 0 Å². The van der Waals surface area contributed by atoms with Crippen molar-refractivity contribution in [3.05, 3.63) is 42.0 Å². The van der Waals surface area contributed by atoms with Crippen molar-refractivity contribution in [2.24, 2.45) is 0 Å². The SMILES string of the molecule is CC1CCCCN1c1cc(N2CCOCC2)nc(NC(=S)NCc2ccccc2)n1. The minimum Gasteiger partial charge on any atom is -0.378 e. The minimum atomic E-state index is 0.474. The first kappa shape index (κ1) is 20.8. The number of hydrogen-bond donors (Lipinski definition) is 2. The molecule has 7 nitrogen and oxygen atoms in total. The molecule has 0 spiro atoms. The Bertz CT molecular complexity index is 843. The number of ether oxygens (including phenoxy) is 1. The highest BCUT2D eigenvalue weighted by atomic mass is 32.1. The van der Waals surface area contributed by atoms with Crippen molar-refractivity contribution in [2.45, 2.75) is 38.8 Å². The second kappa shape index (κ2) is 10.0. The van der Waals surface area contributed by atoms with E-state index in [1.165, 1.54) is 24.8 Å². The zero-order chi connectivity index (χ0) is 20.8. The number of morpholine rings is 1. The van der Waals surface area contributed by atoms with Crippen LogP contribution < -0.4 is 20.4 Å². The summed E-state index contributed by atoms with van der Waals surface area (Å²) in [6.45, 7) is 7.07. The van der Waals surface area contributed by atoms with E-state index in [-0.39, 0.29) is 0 Å². The third-order valence-corrected chi connectivity index (χ3v) is 5.90. The van der Waals surface area contributed by atoms with Crippen molar-refractivity contribution in [1.82, 2.24) is 15.3 Å². The third-order valence-electron chi connectivity index (χ3n) is 5.65. The second-order valence-corrected chi connectivity index (χ2v) is 8.25. The Kier molecular flexibility index (Phi) is 6.96. The van der Waals surface area contributed by atoms with Crippen LogP contribution in [0.1, 0.15) is 31.7 Å². The van der Waals surface area contributed by atoms with E-state index in [2.05, 4.69) is 45.6 Å². The van der Waals surface area contributed by atoms with Crippen molar-refractivity contribution in [3.8, 4) is 0 Å². The molecule has 2 aliphatic rings. The molecule has 0 aliphatic carbocycles. The highest BCUT2D eigenvalue weighted by Gasteiger charge is 2.23. The van der Waals surface area contributed by atoms with Gasteiger partial charge in [0.2, 0.25) is 5.95 Å². The molecule has 2 aromatic rings. The van der Waals surface area contributed by atoms with Gasteiger partial charge in [-0.15, -0.1) is 0 Å². The van der Waals surface area contributed by atoms with E-state index in [1.54, 1.807) is 0 Å². The van der Waals surface area contributed by atoms with Crippen LogP contribution in [0.5, 0.6) is 0 Å². The Hall–Kier alpha value is -2.45. The average Bonchev–Trinajstić information content (AvgIpc) is 2.79. The predicted molar refractivity (Wildman–Crippen MR) is 125 cm³/mol. The zero-order valence-corrected chi connectivity index (χ0v) is 18.3. The lowest BCUT2D eigenvalue weighted by molar-refractivity contribution is 0.122. The molecular weight excluding hydrogens is 396 g/mol. The summed E-state index contributed by atoms with van der Waals surface area (Å²) < 4.78 is 5.51. The molecule has 0 amide bonds. The number of aromatic nitrogens is 2. The van der Waals surface area contributed by atoms with E-state index in [0.717, 1.165) is 44.5 Å². The molecule has 1 aromatic carbocycles. The number of thiocarbonyl (C=S) groups is 1. The standard InChI is InChI=1S/C22H30N6OS/c1-17-7-5-6-10-28(17)20-15-19(27-11-13-29-14-12-27)24-21(25-20)26-22(30)23-16-18-8-3-2-4-9-18/h2-4,8-9,15,17H,5-7,10-14,16H2,1H3,(H2,23,24,25,26,30). The van der Waals surface area contributed by atoms with Gasteiger partial charge in [0.1, 0.15) is 11.6 Å². The van der Waals surface area contributed by atoms with Crippen molar-refractivity contribution >= 4 is 34.9 Å². The van der Waals surface area contributed by atoms with Gasteiger partial charge in [0.25, 0.3) is 0 Å². The number of nitrogens with one attached hydrogen (secondary N) is 2. The van der Waals surface area contributed by atoms with E-state index in [9.17, 15) is 0 Å². The van der Waals surface area contributed by atoms with Crippen LogP contribution in [-0.2, 0) is 11.3 Å². The van der Waals surface area contributed by atoms with Gasteiger partial charge in [0.15, 0.2) is 5.11 Å². The van der Waals surface area contributed by atoms with Crippen LogP contribution in [0.25, 0.3) is 0 Å². The highest BCUT2D eigenvalue weighted by molar-refractivity contribution is 7.80. The third kappa shape index (κ3) is 5.37. The van der Waals surface area contributed by atoms with Gasteiger partial charge in [-0.25, -0.2) is 0 Å². The van der Waals surface area contributed by atoms with Crippen LogP contribution in [0, 0.1) is 0 Å². The maximum atomic E-state index is 5.51. The summed E-state index contributed by atoms with van der Waals surface area (Å²) in [7, 11) is 0. The molecule has 4 rings (SSSR count). The molecule has 2 N–H and O–H groups in total. The number of piperidine rings is 1. The van der Waals surface area contributed by atoms with Gasteiger partial charge in [-0.2, -0.15) is 9.97 Å². The van der Waals surface area contributed by atoms with E-state index in [0.29, 0.717) is 23.6 Å². The first-order valence-corrected chi connectivity index (χ1v) is 11.2. The monoisotopic (exact) mass is 426 g/mol. The normalized spacial score (nSPS) is 19.4. The summed E-state index contributed by atoms with van der Waals surface area (Å²) in [5.41, 5.74) is 1.17. The molecule has 30 heavy (non-hydrogen) atoms. The van der Waals surface area contributed by atoms with Gasteiger partial charge in [0.05, 0.1) is 13.2 Å². The average molecular weight is 427 g/mol. The van der Waals surface area contributed by atoms with E-state index in [1.807, 2.05) is 18.2 Å². The first-order chi connectivity index (χ1) is 14.7. The maximum absolute atomic E-state index is 5.51. The number of anilines is 3. The molecular formula is C22H30N6OS. The van der Waals surface area contributed by atoms with Crippen LogP contribution in [0.2, 0.25) is 0 Å². The molecule has 1 aromatic heterocycles. The number of hydrogen-bond acceptors (Lipinski definition) is 6. The Balaban J connectivity index is 1.51. The van der Waals surface area contributed by atoms with Gasteiger partial charge < -0.3 is 25.2 Å². The summed E-state index contributed by atoms with van der Waals surface area (Å²) in [6.07, 6.45) is 3.66. The molecule has 0 bridgehead atoms. The lowest BCUT2D eigenvalue weighted by atomic mass is 10.0. The quantitative estimate of drug-likeness (QED) is 0.707. The van der Waals surface area contributed by atoms with Crippen molar-refractivity contribution in [1.29, 1.82) is 0 Å². The fraction of sp³-hybridized carbons (Fsp3) is 0.500. The fourth-order valence-corrected chi connectivity index (χ4v) is 4.11. The molecule has 1 atom stereocenters. The number of rotatable bonds is 5. The molecule has 1 unspecified atom stereocenters. The lowest BCUT2D eigenvalue weighted by Crippen LogP contribution is -2.40. The summed E-state index contributed by atoms with van der Waals surface area (Å²) in [5, 5.41) is 6.97. The van der Waals surface area contributed by atoms with E-state index >= 15 is 0 Å². The van der Waals surface area contributed by atoms with Crippen LogP contribution >= 0.6 is 12.2 Å². The van der Waals surface area contributed by atoms with Crippen LogP contribution in [0.4, 0.5) is 17.6 Å². The molecule has 3 heterocycles. The van der Waals surface area contributed by atoms with Gasteiger partial charge in [-0.3, -0.25) is 0 Å². The molecule has 0 saturated carbocycles. The Morgan fingerprint density at radius 3 is 2.63 bits per heavy atom. The van der Waals surface area contributed by atoms with Crippen molar-refractivity contribution < 1.29 is 4.74 Å². The molecule has 8 heteroatoms. The summed E-state index contributed by atoms with van der Waals surface area (Å²) in [4.78, 5) is 14.2. The Morgan fingerprint density at radius 2 is 1.87 bits per heavy atom. The minimum absolute atomic E-state index is 0.474. The Morgan fingerprint density at radius 1 is 1.10 bits per heavy atom. The highest BCUT2D eigenvalue weighted by Crippen LogP contribution is 2.27.